The van der Waals surface area contributed by atoms with Gasteiger partial charge in [-0.2, -0.15) is 0 Å². The van der Waals surface area contributed by atoms with Gasteiger partial charge in [0, 0.05) is 115 Å². The maximum absolute atomic E-state index is 7.31. The van der Waals surface area contributed by atoms with E-state index in [-0.39, 0.29) is 5.92 Å². The van der Waals surface area contributed by atoms with Crippen LogP contribution in [0.4, 0.5) is 85.3 Å². The fourth-order valence-electron chi connectivity index (χ4n) is 14.7. The number of benzene rings is 16. The summed E-state index contributed by atoms with van der Waals surface area (Å²) in [6, 6.07) is 134. The lowest BCUT2D eigenvalue weighted by Gasteiger charge is -2.35. The Bertz CT molecular complexity index is 4800. The zero-order valence-electron chi connectivity index (χ0n) is 53.4. The third-order valence-electron chi connectivity index (χ3n) is 19.0. The van der Waals surface area contributed by atoms with Crippen LogP contribution in [-0.2, 0) is 0 Å². The number of para-hydroxylation sites is 8. The van der Waals surface area contributed by atoms with Gasteiger partial charge in [-0.15, -0.1) is 0 Å². The molecular formula is C91H63N5O2. The Morgan fingerprint density at radius 1 is 0.204 bits per heavy atom. The topological polar surface area (TPSA) is 34.7 Å². The van der Waals surface area contributed by atoms with Crippen LogP contribution >= 0.6 is 0 Å². The molecule has 18 rings (SSSR count). The largest absolute Gasteiger partial charge is 0.457 e. The highest BCUT2D eigenvalue weighted by atomic mass is 16.5. The standard InChI is InChI=1S/C91H63N5O2/c1-9-27-64(28-10-1)92(65-29-11-2-12-30-65)73-47-53-81-87(59-73)97-88-60-74(93(66-31-13-3-14-32-66)67-33-15-4-16-34-67)48-54-82(88)91(81)63-45-51-79-80-52-46-72(58-84(80)78-44-26-25-43-77(78)83(79)57-63)96-85-55-49-75(94(68-35-17-5-18-36-68)69-37-19-6-20-38-69)61-89(85)98-90-62-76(50-56-86(90)96)95(70-39-21-7-22-40-70)71-41-23-8-24-42-71/h1-62,91H. The van der Waals surface area contributed by atoms with Gasteiger partial charge < -0.3 is 34.0 Å². The maximum atomic E-state index is 7.31. The molecule has 0 fully saturated rings. The van der Waals surface area contributed by atoms with Crippen LogP contribution in [0.1, 0.15) is 22.6 Å². The first-order chi connectivity index (χ1) is 48.6. The molecule has 0 saturated heterocycles. The molecule has 0 aliphatic carbocycles. The number of hydrogen-bond acceptors (Lipinski definition) is 7. The van der Waals surface area contributed by atoms with Gasteiger partial charge in [0.05, 0.1) is 11.4 Å². The van der Waals surface area contributed by atoms with Crippen LogP contribution in [0, 0.1) is 0 Å². The number of anilines is 15. The summed E-state index contributed by atoms with van der Waals surface area (Å²) in [5, 5.41) is 7.03. The fraction of sp³-hybridized carbons (Fsp3) is 0.0110. The summed E-state index contributed by atoms with van der Waals surface area (Å²) in [4.78, 5) is 11.6. The Balaban J connectivity index is 0.793. The van der Waals surface area contributed by atoms with Crippen LogP contribution in [-0.4, -0.2) is 0 Å². The number of nitrogens with zero attached hydrogens (tertiary/aromatic N) is 5. The van der Waals surface area contributed by atoms with Crippen molar-refractivity contribution in [1.29, 1.82) is 0 Å². The summed E-state index contributed by atoms with van der Waals surface area (Å²) in [5.74, 6) is 2.92. The van der Waals surface area contributed by atoms with Gasteiger partial charge in [0.15, 0.2) is 11.5 Å². The van der Waals surface area contributed by atoms with E-state index in [1.54, 1.807) is 0 Å². The number of hydrogen-bond donors (Lipinski definition) is 0. The molecule has 0 saturated carbocycles. The molecular weight excluding hydrogens is 1200 g/mol. The van der Waals surface area contributed by atoms with Crippen LogP contribution in [0.3, 0.4) is 0 Å². The molecule has 2 aliphatic rings. The molecule has 0 bridgehead atoms. The third kappa shape index (κ3) is 10.3. The monoisotopic (exact) mass is 1260 g/mol. The van der Waals surface area contributed by atoms with Gasteiger partial charge in [-0.25, -0.2) is 0 Å². The number of ether oxygens (including phenoxy) is 2. The predicted octanol–water partition coefficient (Wildman–Crippen LogP) is 25.9. The fourth-order valence-corrected chi connectivity index (χ4v) is 14.7. The lowest BCUT2D eigenvalue weighted by atomic mass is 9.81. The minimum absolute atomic E-state index is 0.177. The van der Waals surface area contributed by atoms with Crippen LogP contribution in [0.5, 0.6) is 23.0 Å². The second-order valence-electron chi connectivity index (χ2n) is 24.8. The number of rotatable bonds is 14. The van der Waals surface area contributed by atoms with Crippen molar-refractivity contribution in [2.75, 3.05) is 24.5 Å². The highest BCUT2D eigenvalue weighted by Crippen LogP contribution is 2.56. The Morgan fingerprint density at radius 2 is 0.480 bits per heavy atom. The van der Waals surface area contributed by atoms with Crippen LogP contribution in [0.15, 0.2) is 376 Å². The smallest absolute Gasteiger partial charge is 0.153 e. The van der Waals surface area contributed by atoms with Gasteiger partial charge in [0.2, 0.25) is 0 Å². The number of fused-ring (bicyclic) bond motifs is 10. The first-order valence-electron chi connectivity index (χ1n) is 33.3. The summed E-state index contributed by atoms with van der Waals surface area (Å²) in [7, 11) is 0. The normalized spacial score (nSPS) is 12.2. The molecule has 0 radical (unpaired) electrons. The van der Waals surface area contributed by atoms with Gasteiger partial charge in [0.25, 0.3) is 0 Å². The first kappa shape index (κ1) is 57.6. The molecule has 0 unspecified atom stereocenters. The van der Waals surface area contributed by atoms with E-state index in [2.05, 4.69) is 401 Å². The van der Waals surface area contributed by atoms with Crippen molar-refractivity contribution in [1.82, 2.24) is 0 Å². The molecule has 464 valence electrons. The van der Waals surface area contributed by atoms with Crippen molar-refractivity contribution in [3.05, 3.63) is 393 Å². The van der Waals surface area contributed by atoms with Crippen LogP contribution in [0.25, 0.3) is 32.3 Å². The predicted molar refractivity (Wildman–Crippen MR) is 406 cm³/mol. The van der Waals surface area contributed by atoms with Crippen molar-refractivity contribution < 1.29 is 9.47 Å². The Labute approximate surface area is 570 Å². The van der Waals surface area contributed by atoms with Gasteiger partial charge in [-0.1, -0.05) is 200 Å². The molecule has 98 heavy (non-hydrogen) atoms. The summed E-state index contributed by atoms with van der Waals surface area (Å²) < 4.78 is 14.6. The Hall–Kier alpha value is -13.1. The van der Waals surface area contributed by atoms with E-state index in [0.29, 0.717) is 0 Å². The molecule has 16 aromatic rings. The molecule has 7 nitrogen and oxygen atoms in total. The minimum atomic E-state index is -0.177. The van der Waals surface area contributed by atoms with Gasteiger partial charge in [-0.3, -0.25) is 0 Å². The average molecular weight is 1260 g/mol. The van der Waals surface area contributed by atoms with Gasteiger partial charge >= 0.3 is 0 Å². The highest BCUT2D eigenvalue weighted by Gasteiger charge is 2.33. The third-order valence-corrected chi connectivity index (χ3v) is 19.0. The van der Waals surface area contributed by atoms with Crippen molar-refractivity contribution in [3.63, 3.8) is 0 Å². The zero-order chi connectivity index (χ0) is 64.9. The van der Waals surface area contributed by atoms with Crippen LogP contribution < -0.4 is 34.0 Å². The SMILES string of the molecule is c1ccc(N(c2ccccc2)c2ccc3c(c2)Oc2cc(N(c4ccccc4)c4ccccc4)ccc2C3c2ccc3c4ccc(N5c6ccc(N(c7ccccc7)c7ccccc7)cc6Oc6cc(N(c7ccccc7)c7ccccc7)ccc65)cc4c4ccccc4c3c2)cc1. The molecule has 16 aromatic carbocycles. The van der Waals surface area contributed by atoms with Crippen molar-refractivity contribution >= 4 is 118 Å². The molecule has 2 aliphatic heterocycles. The van der Waals surface area contributed by atoms with Crippen molar-refractivity contribution in [2.45, 2.75) is 5.92 Å². The quantitative estimate of drug-likeness (QED) is 0.100. The lowest BCUT2D eigenvalue weighted by molar-refractivity contribution is 0.453. The molecule has 0 atom stereocenters. The molecule has 0 aromatic heterocycles. The van der Waals surface area contributed by atoms with E-state index >= 15 is 0 Å². The molecule has 7 heteroatoms. The maximum Gasteiger partial charge on any atom is 0.153 e. The van der Waals surface area contributed by atoms with E-state index in [4.69, 9.17) is 9.47 Å². The van der Waals surface area contributed by atoms with E-state index < -0.39 is 0 Å². The van der Waals surface area contributed by atoms with E-state index in [1.807, 2.05) is 0 Å². The average Bonchev–Trinajstić information content (AvgIpc) is 0.730. The molecule has 0 spiro atoms. The van der Waals surface area contributed by atoms with E-state index in [1.165, 1.54) is 32.5 Å². The van der Waals surface area contributed by atoms with Crippen molar-refractivity contribution in [3.8, 4) is 23.0 Å². The van der Waals surface area contributed by atoms with Crippen LogP contribution in [0.2, 0.25) is 0 Å². The summed E-state index contributed by atoms with van der Waals surface area (Å²) in [5.41, 5.74) is 18.6. The summed E-state index contributed by atoms with van der Waals surface area (Å²) in [6.07, 6.45) is 0. The Morgan fingerprint density at radius 3 is 0.827 bits per heavy atom. The molecule has 0 amide bonds. The van der Waals surface area contributed by atoms with Gasteiger partial charge in [-0.05, 0) is 190 Å². The lowest BCUT2D eigenvalue weighted by Crippen LogP contribution is -2.18. The first-order valence-corrected chi connectivity index (χ1v) is 33.3. The molecule has 2 heterocycles. The van der Waals surface area contributed by atoms with E-state index in [0.717, 1.165) is 125 Å². The van der Waals surface area contributed by atoms with Gasteiger partial charge in [0.1, 0.15) is 11.5 Å². The van der Waals surface area contributed by atoms with Crippen molar-refractivity contribution in [2.24, 2.45) is 0 Å². The summed E-state index contributed by atoms with van der Waals surface area (Å²) in [6.45, 7) is 0. The molecule has 0 N–H and O–H groups in total. The zero-order valence-corrected chi connectivity index (χ0v) is 53.4. The second kappa shape index (κ2) is 24.7. The van der Waals surface area contributed by atoms with E-state index in [9.17, 15) is 0 Å². The minimum Gasteiger partial charge on any atom is -0.457 e. The second-order valence-corrected chi connectivity index (χ2v) is 24.8. The summed E-state index contributed by atoms with van der Waals surface area (Å²) >= 11 is 0. The highest BCUT2D eigenvalue weighted by molar-refractivity contribution is 6.26. The Kier molecular flexibility index (Phi) is 14.5.